The van der Waals surface area contributed by atoms with Crippen LogP contribution in [0.4, 0.5) is 0 Å². The van der Waals surface area contributed by atoms with Crippen LogP contribution in [0.15, 0.2) is 108 Å². The van der Waals surface area contributed by atoms with Crippen LogP contribution in [0.1, 0.15) is 17.2 Å². The number of hydrogen-bond acceptors (Lipinski definition) is 14. The second-order valence-corrected chi connectivity index (χ2v) is 15.8. The highest BCUT2D eigenvalue weighted by molar-refractivity contribution is 5.75. The van der Waals surface area contributed by atoms with Crippen molar-refractivity contribution in [1.29, 1.82) is 0 Å². The molecule has 0 radical (unpaired) electrons. The number of carbonyl (C=O) groups is 3. The predicted octanol–water partition coefficient (Wildman–Crippen LogP) is -1.09. The number of aliphatic carboxylic acids is 3. The SMILES string of the molecule is CN(C)CCOC(c1ccccc1)c1ccccc1.Cn1c(=O)c2c(ncn2CC(=O)O)n(C)c1=O.Cn1c(=O)c2c(ncn2CC(=O)O)n(C)c1=O.Cn1c(=O)c2c(ncn2CC(=O)O)n(C)c1=O. The Balaban J connectivity index is 0.000000174. The van der Waals surface area contributed by atoms with Crippen molar-refractivity contribution in [1.82, 2.24) is 61.0 Å². The van der Waals surface area contributed by atoms with Gasteiger partial charge in [0, 0.05) is 48.8 Å². The van der Waals surface area contributed by atoms with E-state index >= 15 is 0 Å². The van der Waals surface area contributed by atoms with E-state index in [1.165, 1.54) is 99.8 Å². The maximum atomic E-state index is 11.9. The Morgan fingerprint density at radius 1 is 0.500 bits per heavy atom. The number of benzene rings is 2. The second kappa shape index (κ2) is 22.3. The van der Waals surface area contributed by atoms with Crippen LogP contribution in [0.2, 0.25) is 0 Å². The monoisotopic (exact) mass is 969 g/mol. The smallest absolute Gasteiger partial charge is 0.332 e. The summed E-state index contributed by atoms with van der Waals surface area (Å²) in [7, 11) is 12.5. The molecule has 0 fully saturated rings. The molecular weight excluding hydrogens is 919 g/mol. The standard InChI is InChI=1S/C17H21NO.3C9H10N4O4/c1-18(2)13-14-19-17(15-9-5-3-6-10-15)16-11-7-4-8-12-16;3*1-11-7-6(8(16)12(2)9(11)17)13(4-10-7)3-5(14)15/h3-12,17H,13-14H2,1-2H3;3*4H,3H2,1-2H3,(H,14,15). The molecule has 0 atom stereocenters. The van der Waals surface area contributed by atoms with Crippen molar-refractivity contribution in [2.24, 2.45) is 42.3 Å². The van der Waals surface area contributed by atoms with Gasteiger partial charge in [0.05, 0.1) is 25.6 Å². The molecular formula is C44H51N13O13. The van der Waals surface area contributed by atoms with Crippen molar-refractivity contribution in [2.45, 2.75) is 25.7 Å². The molecule has 0 bridgehead atoms. The zero-order valence-electron chi connectivity index (χ0n) is 39.4. The molecule has 6 aromatic heterocycles. The first-order valence-electron chi connectivity index (χ1n) is 20.9. The number of imidazole rings is 3. The van der Waals surface area contributed by atoms with Crippen molar-refractivity contribution in [3.8, 4) is 0 Å². The summed E-state index contributed by atoms with van der Waals surface area (Å²) in [6.45, 7) is 0.537. The number of ether oxygens (including phenoxy) is 1. The van der Waals surface area contributed by atoms with Gasteiger partial charge in [-0.3, -0.25) is 56.2 Å². The molecule has 0 aliphatic rings. The quantitative estimate of drug-likeness (QED) is 0.131. The Morgan fingerprint density at radius 3 is 1.04 bits per heavy atom. The van der Waals surface area contributed by atoms with Crippen LogP contribution in [-0.2, 0) is 81.0 Å². The van der Waals surface area contributed by atoms with Gasteiger partial charge in [-0.2, -0.15) is 0 Å². The molecule has 0 aliphatic carbocycles. The van der Waals surface area contributed by atoms with Gasteiger partial charge >= 0.3 is 35.0 Å². The summed E-state index contributed by atoms with van der Waals surface area (Å²) in [5.74, 6) is -3.25. The van der Waals surface area contributed by atoms with Crippen molar-refractivity contribution < 1.29 is 34.4 Å². The maximum Gasteiger partial charge on any atom is 0.332 e. The van der Waals surface area contributed by atoms with Crippen LogP contribution in [0.3, 0.4) is 0 Å². The number of nitrogens with zero attached hydrogens (tertiary/aromatic N) is 13. The lowest BCUT2D eigenvalue weighted by atomic mass is 10.0. The normalized spacial score (nSPS) is 11.0. The zero-order valence-corrected chi connectivity index (χ0v) is 39.4. The lowest BCUT2D eigenvalue weighted by molar-refractivity contribution is -0.138. The number of fused-ring (bicyclic) bond motifs is 3. The zero-order chi connectivity index (χ0) is 51.7. The van der Waals surface area contributed by atoms with Crippen LogP contribution in [0.5, 0.6) is 0 Å². The molecule has 370 valence electrons. The highest BCUT2D eigenvalue weighted by Gasteiger charge is 2.18. The third kappa shape index (κ3) is 11.5. The number of aromatic nitrogens is 12. The van der Waals surface area contributed by atoms with Gasteiger partial charge in [0.2, 0.25) is 0 Å². The molecule has 26 nitrogen and oxygen atoms in total. The van der Waals surface area contributed by atoms with Gasteiger partial charge in [0.1, 0.15) is 25.7 Å². The number of hydrogen-bond donors (Lipinski definition) is 3. The highest BCUT2D eigenvalue weighted by Crippen LogP contribution is 2.25. The van der Waals surface area contributed by atoms with Crippen LogP contribution in [0.25, 0.3) is 33.5 Å². The molecule has 0 amide bonds. The molecule has 3 N–H and O–H groups in total. The number of likely N-dealkylation sites (N-methyl/N-ethyl adjacent to an activating group) is 1. The van der Waals surface area contributed by atoms with Gasteiger partial charge in [-0.05, 0) is 25.2 Å². The Morgan fingerprint density at radius 2 is 0.786 bits per heavy atom. The Hall–Kier alpha value is -8.78. The van der Waals surface area contributed by atoms with Crippen molar-refractivity contribution in [3.05, 3.63) is 153 Å². The summed E-state index contributed by atoms with van der Waals surface area (Å²) in [6.07, 6.45) is 3.72. The third-order valence-corrected chi connectivity index (χ3v) is 10.6. The van der Waals surface area contributed by atoms with Crippen LogP contribution in [0, 0.1) is 0 Å². The van der Waals surface area contributed by atoms with E-state index in [9.17, 15) is 43.2 Å². The summed E-state index contributed by atoms with van der Waals surface area (Å²) in [5, 5.41) is 26.1. The lowest BCUT2D eigenvalue weighted by Gasteiger charge is -2.20. The fourth-order valence-electron chi connectivity index (χ4n) is 6.98. The lowest BCUT2D eigenvalue weighted by Crippen LogP contribution is -2.37. The van der Waals surface area contributed by atoms with Gasteiger partial charge in [0.25, 0.3) is 16.7 Å². The minimum atomic E-state index is -1.08. The summed E-state index contributed by atoms with van der Waals surface area (Å²) >= 11 is 0. The molecule has 8 aromatic rings. The highest BCUT2D eigenvalue weighted by atomic mass is 16.5. The van der Waals surface area contributed by atoms with E-state index in [1.807, 2.05) is 12.1 Å². The Labute approximate surface area is 394 Å². The minimum Gasteiger partial charge on any atom is -0.480 e. The van der Waals surface area contributed by atoms with Gasteiger partial charge in [-0.1, -0.05) is 60.7 Å². The first kappa shape index (κ1) is 52.2. The van der Waals surface area contributed by atoms with Gasteiger partial charge < -0.3 is 38.7 Å². The van der Waals surface area contributed by atoms with Crippen LogP contribution in [-0.4, -0.2) is 121 Å². The molecule has 26 heteroatoms. The molecule has 0 saturated heterocycles. The van der Waals surface area contributed by atoms with Crippen LogP contribution < -0.4 is 33.7 Å². The first-order valence-corrected chi connectivity index (χ1v) is 20.9. The fourth-order valence-corrected chi connectivity index (χ4v) is 6.98. The molecule has 6 heterocycles. The number of carboxylic acids is 3. The van der Waals surface area contributed by atoms with Crippen molar-refractivity contribution in [3.63, 3.8) is 0 Å². The number of carboxylic acid groups (broad SMARTS) is 3. The summed E-state index contributed by atoms with van der Waals surface area (Å²) in [6, 6.07) is 20.8. The minimum absolute atomic E-state index is 0.0161. The van der Waals surface area contributed by atoms with Gasteiger partial charge in [-0.15, -0.1) is 0 Å². The molecule has 70 heavy (non-hydrogen) atoms. The molecule has 0 unspecified atom stereocenters. The van der Waals surface area contributed by atoms with E-state index in [2.05, 4.69) is 82.5 Å². The number of rotatable bonds is 12. The molecule has 2 aromatic carbocycles. The van der Waals surface area contributed by atoms with E-state index in [0.29, 0.717) is 0 Å². The van der Waals surface area contributed by atoms with E-state index in [4.69, 9.17) is 20.1 Å². The summed E-state index contributed by atoms with van der Waals surface area (Å²) in [4.78, 5) is 116. The first-order chi connectivity index (χ1) is 33.1. The largest absolute Gasteiger partial charge is 0.480 e. The van der Waals surface area contributed by atoms with Crippen molar-refractivity contribution in [2.75, 3.05) is 27.2 Å². The van der Waals surface area contributed by atoms with Gasteiger partial charge in [0.15, 0.2) is 33.5 Å². The third-order valence-electron chi connectivity index (χ3n) is 10.6. The molecule has 0 saturated carbocycles. The fraction of sp³-hybridized carbons (Fsp3) is 0.318. The van der Waals surface area contributed by atoms with E-state index in [1.54, 1.807) is 0 Å². The van der Waals surface area contributed by atoms with E-state index in [0.717, 1.165) is 26.9 Å². The average molecular weight is 970 g/mol. The predicted molar refractivity (Wildman–Crippen MR) is 253 cm³/mol. The second-order valence-electron chi connectivity index (χ2n) is 15.8. The molecule has 0 spiro atoms. The summed E-state index contributed by atoms with van der Waals surface area (Å²) < 4.78 is 16.1. The molecule has 8 rings (SSSR count). The summed E-state index contributed by atoms with van der Waals surface area (Å²) in [5.41, 5.74) is 0.115. The maximum absolute atomic E-state index is 11.9. The topological polar surface area (TPSA) is 310 Å². The van der Waals surface area contributed by atoms with Crippen molar-refractivity contribution >= 4 is 51.4 Å². The Bertz CT molecular complexity index is 3230. The molecule has 0 aliphatic heterocycles. The van der Waals surface area contributed by atoms with Crippen LogP contribution >= 0.6 is 0 Å². The number of aryl methyl sites for hydroxylation is 3. The average Bonchev–Trinajstić information content (AvgIpc) is 4.07. The van der Waals surface area contributed by atoms with E-state index in [-0.39, 0.29) is 59.2 Å². The van der Waals surface area contributed by atoms with Gasteiger partial charge in [-0.25, -0.2) is 29.3 Å². The Kier molecular flexibility index (Phi) is 16.7. The van der Waals surface area contributed by atoms with E-state index < -0.39 is 51.7 Å².